The molecule has 0 amide bonds. The Morgan fingerprint density at radius 2 is 1.87 bits per heavy atom. The molecule has 0 aromatic rings. The maximum absolute atomic E-state index is 11.6. The fourth-order valence-corrected chi connectivity index (χ4v) is 1.29. The Morgan fingerprint density at radius 1 is 1.33 bits per heavy atom. The number of hydrogen-bond acceptors (Lipinski definition) is 2. The first-order chi connectivity index (χ1) is 6.90. The van der Waals surface area contributed by atoms with Crippen LogP contribution in [-0.2, 0) is 9.53 Å². The average molecular weight is 251 g/mol. The van der Waals surface area contributed by atoms with Gasteiger partial charge in [-0.25, -0.2) is 0 Å². The van der Waals surface area contributed by atoms with E-state index in [1.807, 2.05) is 20.8 Å². The molecule has 0 saturated heterocycles. The number of esters is 1. The van der Waals surface area contributed by atoms with Gasteiger partial charge in [0.05, 0.1) is 12.5 Å². The minimum absolute atomic E-state index is 0.0775. The summed E-state index contributed by atoms with van der Waals surface area (Å²) in [4.78, 5) is 11.6. The molecule has 86 valence electrons. The Bertz CT molecular complexity index is 285. The Balaban J connectivity index is 4.99. The van der Waals surface area contributed by atoms with Gasteiger partial charge in [-0.1, -0.05) is 34.3 Å². The molecule has 1 unspecified atom stereocenters. The monoisotopic (exact) mass is 250 g/mol. The quantitative estimate of drug-likeness (QED) is 0.560. The molecule has 0 radical (unpaired) electrons. The number of carbonyl (C=O) groups is 1. The van der Waals surface area contributed by atoms with Crippen molar-refractivity contribution in [3.63, 3.8) is 0 Å². The van der Waals surface area contributed by atoms with E-state index in [1.165, 1.54) is 6.08 Å². The smallest absolute Gasteiger partial charge is 0.317 e. The highest BCUT2D eigenvalue weighted by Crippen LogP contribution is 2.22. The Labute approximate surface area is 101 Å². The van der Waals surface area contributed by atoms with Crippen LogP contribution in [0.5, 0.6) is 0 Å². The fourth-order valence-electron chi connectivity index (χ4n) is 1.04. The summed E-state index contributed by atoms with van der Waals surface area (Å²) in [5, 5.41) is 0. The van der Waals surface area contributed by atoms with Crippen LogP contribution >= 0.6 is 23.2 Å². The zero-order valence-corrected chi connectivity index (χ0v) is 10.9. The first kappa shape index (κ1) is 14.5. The second-order valence-corrected chi connectivity index (χ2v) is 4.38. The van der Waals surface area contributed by atoms with Gasteiger partial charge >= 0.3 is 5.97 Å². The molecule has 0 fully saturated rings. The molecule has 2 nitrogen and oxygen atoms in total. The lowest BCUT2D eigenvalue weighted by atomic mass is 9.97. The molecule has 0 aliphatic heterocycles. The highest BCUT2D eigenvalue weighted by atomic mass is 35.5. The van der Waals surface area contributed by atoms with Crippen LogP contribution in [0, 0.1) is 5.92 Å². The number of allylic oxidation sites excluding steroid dienone is 1. The highest BCUT2D eigenvalue weighted by Gasteiger charge is 2.20. The Kier molecular flexibility index (Phi) is 6.70. The summed E-state index contributed by atoms with van der Waals surface area (Å²) < 4.78 is 5.02. The van der Waals surface area contributed by atoms with Crippen LogP contribution in [0.15, 0.2) is 21.7 Å². The second-order valence-electron chi connectivity index (χ2n) is 3.37. The molecule has 0 aliphatic carbocycles. The molecule has 0 rings (SSSR count). The van der Waals surface area contributed by atoms with Crippen LogP contribution < -0.4 is 0 Å². The van der Waals surface area contributed by atoms with E-state index in [-0.39, 0.29) is 10.5 Å². The Morgan fingerprint density at radius 3 is 2.20 bits per heavy atom. The van der Waals surface area contributed by atoms with Gasteiger partial charge in [-0.05, 0) is 33.8 Å². The SMILES string of the molecule is CCOC(=O)C(C=C(Cl)Cl)C(C)=C(C)C. The highest BCUT2D eigenvalue weighted by molar-refractivity contribution is 6.55. The van der Waals surface area contributed by atoms with Crippen LogP contribution in [-0.4, -0.2) is 12.6 Å². The summed E-state index contributed by atoms with van der Waals surface area (Å²) in [6.07, 6.45) is 1.49. The lowest BCUT2D eigenvalue weighted by Gasteiger charge is -2.14. The number of hydrogen-bond donors (Lipinski definition) is 0. The molecule has 15 heavy (non-hydrogen) atoms. The van der Waals surface area contributed by atoms with Crippen LogP contribution in [0.1, 0.15) is 27.7 Å². The zero-order valence-electron chi connectivity index (χ0n) is 9.43. The predicted octanol–water partition coefficient (Wildman–Crippen LogP) is 3.84. The standard InChI is InChI=1S/C11H16Cl2O2/c1-5-15-11(14)9(6-10(12)13)8(4)7(2)3/h6,9H,5H2,1-4H3. The number of carbonyl (C=O) groups excluding carboxylic acids is 1. The van der Waals surface area contributed by atoms with E-state index < -0.39 is 5.92 Å². The molecule has 1 atom stereocenters. The van der Waals surface area contributed by atoms with Gasteiger partial charge in [-0.15, -0.1) is 0 Å². The van der Waals surface area contributed by atoms with Gasteiger partial charge in [0, 0.05) is 0 Å². The molecule has 4 heteroatoms. The van der Waals surface area contributed by atoms with Crippen molar-refractivity contribution in [2.75, 3.05) is 6.61 Å². The maximum atomic E-state index is 11.6. The van der Waals surface area contributed by atoms with E-state index in [0.29, 0.717) is 6.61 Å². The molecule has 0 aromatic heterocycles. The number of rotatable bonds is 4. The van der Waals surface area contributed by atoms with Crippen molar-refractivity contribution >= 4 is 29.2 Å². The number of halogens is 2. The minimum Gasteiger partial charge on any atom is -0.465 e. The lowest BCUT2D eigenvalue weighted by Crippen LogP contribution is -2.17. The summed E-state index contributed by atoms with van der Waals surface area (Å²) >= 11 is 11.1. The van der Waals surface area contributed by atoms with E-state index in [4.69, 9.17) is 27.9 Å². The minimum atomic E-state index is -0.486. The molecular weight excluding hydrogens is 235 g/mol. The summed E-state index contributed by atoms with van der Waals surface area (Å²) in [6, 6.07) is 0. The number of ether oxygens (including phenoxy) is 1. The molecule has 0 heterocycles. The third-order valence-corrected chi connectivity index (χ3v) is 2.34. The molecule has 0 N–H and O–H groups in total. The molecule has 0 aliphatic rings. The van der Waals surface area contributed by atoms with E-state index in [9.17, 15) is 4.79 Å². The van der Waals surface area contributed by atoms with Crippen LogP contribution in [0.3, 0.4) is 0 Å². The third kappa shape index (κ3) is 5.24. The van der Waals surface area contributed by atoms with Crippen molar-refractivity contribution in [3.05, 3.63) is 21.7 Å². The van der Waals surface area contributed by atoms with Gasteiger partial charge in [-0.3, -0.25) is 4.79 Å². The van der Waals surface area contributed by atoms with Crippen molar-refractivity contribution in [2.24, 2.45) is 5.92 Å². The fraction of sp³-hybridized carbons (Fsp3) is 0.545. The average Bonchev–Trinajstić information content (AvgIpc) is 2.13. The summed E-state index contributed by atoms with van der Waals surface area (Å²) in [5.41, 5.74) is 1.96. The van der Waals surface area contributed by atoms with Crippen molar-refractivity contribution in [1.29, 1.82) is 0 Å². The molecule has 0 aromatic carbocycles. The van der Waals surface area contributed by atoms with Gasteiger partial charge in [-0.2, -0.15) is 0 Å². The van der Waals surface area contributed by atoms with Gasteiger partial charge in [0.2, 0.25) is 0 Å². The lowest BCUT2D eigenvalue weighted by molar-refractivity contribution is -0.145. The Hall–Kier alpha value is -0.470. The largest absolute Gasteiger partial charge is 0.465 e. The second kappa shape index (κ2) is 6.91. The van der Waals surface area contributed by atoms with E-state index in [0.717, 1.165) is 11.1 Å². The first-order valence-corrected chi connectivity index (χ1v) is 5.49. The van der Waals surface area contributed by atoms with Crippen molar-refractivity contribution in [3.8, 4) is 0 Å². The van der Waals surface area contributed by atoms with Crippen molar-refractivity contribution in [1.82, 2.24) is 0 Å². The molecule has 0 saturated carbocycles. The van der Waals surface area contributed by atoms with Crippen molar-refractivity contribution < 1.29 is 9.53 Å². The first-order valence-electron chi connectivity index (χ1n) is 4.73. The van der Waals surface area contributed by atoms with Crippen LogP contribution in [0.25, 0.3) is 0 Å². The van der Waals surface area contributed by atoms with Crippen molar-refractivity contribution in [2.45, 2.75) is 27.7 Å². The third-order valence-electron chi connectivity index (χ3n) is 2.09. The topological polar surface area (TPSA) is 26.3 Å². The maximum Gasteiger partial charge on any atom is 0.317 e. The molecular formula is C11H16Cl2O2. The van der Waals surface area contributed by atoms with Crippen LogP contribution in [0.4, 0.5) is 0 Å². The normalized spacial score (nSPS) is 11.6. The predicted molar refractivity (Wildman–Crippen MR) is 64.0 cm³/mol. The van der Waals surface area contributed by atoms with E-state index in [1.54, 1.807) is 6.92 Å². The summed E-state index contributed by atoms with van der Waals surface area (Å²) in [6.45, 7) is 7.83. The van der Waals surface area contributed by atoms with Crippen LogP contribution in [0.2, 0.25) is 0 Å². The molecule has 0 spiro atoms. The van der Waals surface area contributed by atoms with Gasteiger partial charge < -0.3 is 4.74 Å². The summed E-state index contributed by atoms with van der Waals surface area (Å²) in [5.74, 6) is -0.810. The van der Waals surface area contributed by atoms with Gasteiger partial charge in [0.25, 0.3) is 0 Å². The van der Waals surface area contributed by atoms with Gasteiger partial charge in [0.1, 0.15) is 4.49 Å². The van der Waals surface area contributed by atoms with E-state index in [2.05, 4.69) is 0 Å². The van der Waals surface area contributed by atoms with Gasteiger partial charge in [0.15, 0.2) is 0 Å². The van der Waals surface area contributed by atoms with E-state index >= 15 is 0 Å². The zero-order chi connectivity index (χ0) is 12.0. The molecule has 0 bridgehead atoms. The summed E-state index contributed by atoms with van der Waals surface area (Å²) in [7, 11) is 0.